The molecule has 0 aliphatic rings. The molecule has 0 N–H and O–H groups in total. The maximum absolute atomic E-state index is 6.46. The van der Waals surface area contributed by atoms with E-state index < -0.39 is 0 Å². The molecule has 234 valence electrons. The van der Waals surface area contributed by atoms with Crippen molar-refractivity contribution in [3.8, 4) is 56.4 Å². The Balaban J connectivity index is 1.20. The summed E-state index contributed by atoms with van der Waals surface area (Å²) >= 11 is 0. The fraction of sp³-hybridized carbons (Fsp3) is 0. The molecule has 0 bridgehead atoms. The molecular weight excluding hydrogens is 615 g/mol. The van der Waals surface area contributed by atoms with Gasteiger partial charge in [-0.3, -0.25) is 0 Å². The van der Waals surface area contributed by atoms with Crippen LogP contribution in [0.2, 0.25) is 0 Å². The number of hydrogen-bond donors (Lipinski definition) is 0. The summed E-state index contributed by atoms with van der Waals surface area (Å²) < 4.78 is 12.9. The fourth-order valence-electron chi connectivity index (χ4n) is 6.99. The number of hydrogen-bond acceptors (Lipinski definition) is 5. The average Bonchev–Trinajstić information content (AvgIpc) is 3.77. The molecule has 0 atom stereocenters. The zero-order chi connectivity index (χ0) is 33.0. The van der Waals surface area contributed by atoms with Crippen LogP contribution in [0, 0.1) is 0 Å². The van der Waals surface area contributed by atoms with E-state index in [1.54, 1.807) is 0 Å². The molecule has 5 heteroatoms. The minimum absolute atomic E-state index is 0.525. The predicted molar refractivity (Wildman–Crippen MR) is 202 cm³/mol. The normalized spacial score (nSPS) is 11.6. The van der Waals surface area contributed by atoms with Crippen LogP contribution in [0.4, 0.5) is 0 Å². The van der Waals surface area contributed by atoms with Crippen LogP contribution in [0.5, 0.6) is 0 Å². The lowest BCUT2D eigenvalue weighted by Gasteiger charge is -2.13. The molecule has 10 rings (SSSR count). The van der Waals surface area contributed by atoms with E-state index in [1.165, 1.54) is 5.56 Å². The van der Waals surface area contributed by atoms with Crippen LogP contribution in [0.25, 0.3) is 100 Å². The molecular formula is C45H27N3O2. The van der Waals surface area contributed by atoms with Gasteiger partial charge in [0.1, 0.15) is 22.3 Å². The first-order chi connectivity index (χ1) is 24.8. The predicted octanol–water partition coefficient (Wildman–Crippen LogP) is 12.0. The van der Waals surface area contributed by atoms with Crippen molar-refractivity contribution in [2.24, 2.45) is 0 Å². The van der Waals surface area contributed by atoms with Gasteiger partial charge in [-0.1, -0.05) is 140 Å². The molecule has 50 heavy (non-hydrogen) atoms. The van der Waals surface area contributed by atoms with Crippen LogP contribution in [0.15, 0.2) is 173 Å². The van der Waals surface area contributed by atoms with Crippen LogP contribution in [-0.2, 0) is 0 Å². The van der Waals surface area contributed by atoms with Gasteiger partial charge in [0.05, 0.1) is 11.1 Å². The van der Waals surface area contributed by atoms with Crippen molar-refractivity contribution in [2.75, 3.05) is 0 Å². The molecule has 7 aromatic carbocycles. The number of furan rings is 2. The summed E-state index contributed by atoms with van der Waals surface area (Å²) in [6.45, 7) is 0. The lowest BCUT2D eigenvalue weighted by molar-refractivity contribution is 0.669. The fourth-order valence-corrected chi connectivity index (χ4v) is 6.99. The molecule has 0 fully saturated rings. The molecule has 0 radical (unpaired) electrons. The first-order valence-corrected chi connectivity index (χ1v) is 16.6. The van der Waals surface area contributed by atoms with Gasteiger partial charge in [-0.2, -0.15) is 0 Å². The van der Waals surface area contributed by atoms with Gasteiger partial charge in [-0.05, 0) is 46.5 Å². The molecule has 0 saturated carbocycles. The van der Waals surface area contributed by atoms with Gasteiger partial charge in [-0.15, -0.1) is 0 Å². The van der Waals surface area contributed by atoms with E-state index in [0.29, 0.717) is 17.5 Å². The van der Waals surface area contributed by atoms with Crippen molar-refractivity contribution in [3.05, 3.63) is 164 Å². The summed E-state index contributed by atoms with van der Waals surface area (Å²) in [6.07, 6.45) is 0. The third-order valence-electron chi connectivity index (χ3n) is 9.40. The molecule has 5 nitrogen and oxygen atoms in total. The van der Waals surface area contributed by atoms with Crippen LogP contribution in [0.1, 0.15) is 0 Å². The van der Waals surface area contributed by atoms with E-state index in [-0.39, 0.29) is 0 Å². The first-order valence-electron chi connectivity index (χ1n) is 16.6. The maximum atomic E-state index is 6.46. The largest absolute Gasteiger partial charge is 0.455 e. The zero-order valence-corrected chi connectivity index (χ0v) is 26.7. The second-order valence-electron chi connectivity index (χ2n) is 12.4. The number of fused-ring (bicyclic) bond motifs is 6. The van der Waals surface area contributed by atoms with Gasteiger partial charge in [0.2, 0.25) is 0 Å². The summed E-state index contributed by atoms with van der Waals surface area (Å²) in [5.74, 6) is 1.61. The zero-order valence-electron chi connectivity index (χ0n) is 26.7. The molecule has 0 amide bonds. The summed E-state index contributed by atoms with van der Waals surface area (Å²) in [7, 11) is 0. The molecule has 0 unspecified atom stereocenters. The average molecular weight is 642 g/mol. The topological polar surface area (TPSA) is 65.0 Å². The highest BCUT2D eigenvalue weighted by atomic mass is 16.3. The quantitative estimate of drug-likeness (QED) is 0.187. The monoisotopic (exact) mass is 641 g/mol. The molecule has 0 spiro atoms. The van der Waals surface area contributed by atoms with E-state index in [9.17, 15) is 0 Å². The highest BCUT2D eigenvalue weighted by Crippen LogP contribution is 2.39. The molecule has 10 aromatic rings. The molecule has 0 aliphatic heterocycles. The highest BCUT2D eigenvalue weighted by Gasteiger charge is 2.21. The summed E-state index contributed by atoms with van der Waals surface area (Å²) in [4.78, 5) is 15.5. The van der Waals surface area contributed by atoms with Gasteiger partial charge in [0.15, 0.2) is 17.5 Å². The van der Waals surface area contributed by atoms with Crippen molar-refractivity contribution in [2.45, 2.75) is 0 Å². The van der Waals surface area contributed by atoms with Crippen molar-refractivity contribution >= 4 is 43.9 Å². The number of benzene rings is 7. The van der Waals surface area contributed by atoms with Crippen LogP contribution >= 0.6 is 0 Å². The van der Waals surface area contributed by atoms with Crippen LogP contribution in [-0.4, -0.2) is 15.0 Å². The Hall–Kier alpha value is -6.85. The number of rotatable bonds is 5. The van der Waals surface area contributed by atoms with E-state index in [2.05, 4.69) is 91.0 Å². The first kappa shape index (κ1) is 28.2. The Morgan fingerprint density at radius 3 is 1.26 bits per heavy atom. The number of nitrogens with zero attached hydrogens (tertiary/aromatic N) is 3. The lowest BCUT2D eigenvalue weighted by atomic mass is 9.96. The minimum Gasteiger partial charge on any atom is -0.455 e. The molecule has 0 saturated heterocycles. The van der Waals surface area contributed by atoms with Gasteiger partial charge in [0.25, 0.3) is 0 Å². The Morgan fingerprint density at radius 1 is 0.280 bits per heavy atom. The van der Waals surface area contributed by atoms with Gasteiger partial charge >= 0.3 is 0 Å². The van der Waals surface area contributed by atoms with E-state index >= 15 is 0 Å². The minimum atomic E-state index is 0.525. The third kappa shape index (κ3) is 4.60. The summed E-state index contributed by atoms with van der Waals surface area (Å²) in [5.41, 5.74) is 10.1. The number of aromatic nitrogens is 3. The maximum Gasteiger partial charge on any atom is 0.167 e. The summed E-state index contributed by atoms with van der Waals surface area (Å²) in [6, 6.07) is 55.8. The number of para-hydroxylation sites is 4. The Kier molecular flexibility index (Phi) is 6.42. The van der Waals surface area contributed by atoms with Crippen molar-refractivity contribution < 1.29 is 8.83 Å². The lowest BCUT2D eigenvalue weighted by Crippen LogP contribution is -2.01. The van der Waals surface area contributed by atoms with Gasteiger partial charge in [0, 0.05) is 27.1 Å². The second-order valence-corrected chi connectivity index (χ2v) is 12.4. The smallest absolute Gasteiger partial charge is 0.167 e. The standard InChI is InChI=1S/C45H27N3O2/c1-2-12-28(13-3-1)29-24-26-30(27-25-29)31-14-4-5-17-36(31)43-46-44(37-20-10-18-34-32-15-6-8-22-39(32)49-41(34)37)48-45(47-43)38-21-11-19-35-33-16-7-9-23-40(33)50-42(35)38/h1-27H. The highest BCUT2D eigenvalue weighted by molar-refractivity contribution is 6.10. The SMILES string of the molecule is c1ccc(-c2ccc(-c3ccccc3-c3nc(-c4cccc5c4oc4ccccc45)nc(-c4cccc5c4oc4ccccc45)n3)cc2)cc1. The molecule has 3 heterocycles. The van der Waals surface area contributed by atoms with Crippen molar-refractivity contribution in [3.63, 3.8) is 0 Å². The van der Waals surface area contributed by atoms with E-state index in [1.807, 2.05) is 72.8 Å². The Labute approximate surface area is 287 Å². The second kappa shape index (κ2) is 11.4. The van der Waals surface area contributed by atoms with Crippen molar-refractivity contribution in [1.29, 1.82) is 0 Å². The van der Waals surface area contributed by atoms with E-state index in [0.717, 1.165) is 77.3 Å². The van der Waals surface area contributed by atoms with Crippen LogP contribution in [0.3, 0.4) is 0 Å². The van der Waals surface area contributed by atoms with Crippen molar-refractivity contribution in [1.82, 2.24) is 15.0 Å². The summed E-state index contributed by atoms with van der Waals surface area (Å²) in [5, 5.41) is 4.13. The third-order valence-corrected chi connectivity index (χ3v) is 9.40. The van der Waals surface area contributed by atoms with Crippen LogP contribution < -0.4 is 0 Å². The Bertz CT molecular complexity index is 2740. The molecule has 0 aliphatic carbocycles. The van der Waals surface area contributed by atoms with Gasteiger partial charge in [-0.25, -0.2) is 15.0 Å². The Morgan fingerprint density at radius 2 is 0.680 bits per heavy atom. The van der Waals surface area contributed by atoms with Gasteiger partial charge < -0.3 is 8.83 Å². The van der Waals surface area contributed by atoms with E-state index in [4.69, 9.17) is 23.8 Å². The molecule has 3 aromatic heterocycles.